The number of aldehydes is 1. The van der Waals surface area contributed by atoms with Crippen molar-refractivity contribution in [1.29, 1.82) is 0 Å². The zero-order valence-corrected chi connectivity index (χ0v) is 22.8. The van der Waals surface area contributed by atoms with E-state index in [1.165, 1.54) is 11.1 Å². The Morgan fingerprint density at radius 3 is 2.05 bits per heavy atom. The molecule has 206 valence electrons. The Labute approximate surface area is 225 Å². The van der Waals surface area contributed by atoms with Crippen molar-refractivity contribution in [3.05, 3.63) is 88.9 Å². The highest BCUT2D eigenvalue weighted by atomic mass is 32.2. The number of nitrogens with zero attached hydrogens (tertiary/aromatic N) is 3. The van der Waals surface area contributed by atoms with Crippen LogP contribution in [0.15, 0.2) is 60.7 Å². The van der Waals surface area contributed by atoms with Gasteiger partial charge >= 0.3 is 5.51 Å². The molecule has 0 aliphatic carbocycles. The number of aryl methyl sites for hydroxylation is 1. The van der Waals surface area contributed by atoms with E-state index in [2.05, 4.69) is 96.7 Å². The van der Waals surface area contributed by atoms with E-state index >= 15 is 0 Å². The summed E-state index contributed by atoms with van der Waals surface area (Å²) in [4.78, 5) is 14.0. The summed E-state index contributed by atoms with van der Waals surface area (Å²) >= 11 is 0. The van der Waals surface area contributed by atoms with E-state index in [9.17, 15) is 18.0 Å². The molecule has 0 N–H and O–H groups in total. The number of rotatable bonds is 5. The minimum Gasteiger partial charge on any atom is -0.741 e. The lowest BCUT2D eigenvalue weighted by Crippen LogP contribution is -2.32. The van der Waals surface area contributed by atoms with Crippen molar-refractivity contribution in [3.8, 4) is 5.69 Å². The molecule has 0 amide bonds. The first kappa shape index (κ1) is 29.6. The average molecular weight is 560 g/mol. The van der Waals surface area contributed by atoms with Crippen LogP contribution in [0.4, 0.5) is 18.9 Å². The minimum atomic E-state index is -6.09. The van der Waals surface area contributed by atoms with Crippen molar-refractivity contribution in [2.45, 2.75) is 19.4 Å². The molecule has 4 aromatic rings. The number of halogens is 3. The Morgan fingerprint density at radius 2 is 1.51 bits per heavy atom. The number of pyridine rings is 1. The molecule has 2 heterocycles. The first-order valence-corrected chi connectivity index (χ1v) is 13.1. The highest BCUT2D eigenvalue weighted by Crippen LogP contribution is 2.27. The third kappa shape index (κ3) is 6.37. The fraction of sp³-hybridized carbons (Fsp3) is 0.214. The van der Waals surface area contributed by atoms with Crippen molar-refractivity contribution >= 4 is 45.1 Å². The monoisotopic (exact) mass is 559 g/mol. The maximum atomic E-state index is 11.9. The number of hydrogen-bond acceptors (Lipinski definition) is 5. The molecule has 7 nitrogen and oxygen atoms in total. The molecule has 0 radical (unpaired) electrons. The molecule has 39 heavy (non-hydrogen) atoms. The predicted octanol–water partition coefficient (Wildman–Crippen LogP) is 5.17. The fourth-order valence-corrected chi connectivity index (χ4v) is 4.23. The van der Waals surface area contributed by atoms with E-state index in [0.29, 0.717) is 0 Å². The van der Waals surface area contributed by atoms with Crippen LogP contribution in [0.25, 0.3) is 28.7 Å². The van der Waals surface area contributed by atoms with Crippen LogP contribution in [0, 0.1) is 13.8 Å². The number of para-hydroxylation sites is 1. The van der Waals surface area contributed by atoms with Gasteiger partial charge in [-0.05, 0) is 50.3 Å². The summed E-state index contributed by atoms with van der Waals surface area (Å²) in [5.41, 5.74) is 2.54. The van der Waals surface area contributed by atoms with Crippen LogP contribution in [0.5, 0.6) is 0 Å². The number of anilines is 1. The molecule has 11 heteroatoms. The minimum absolute atomic E-state index is 0.733. The van der Waals surface area contributed by atoms with E-state index in [0.717, 1.165) is 45.7 Å². The van der Waals surface area contributed by atoms with Gasteiger partial charge < -0.3 is 14.0 Å². The Morgan fingerprint density at radius 1 is 0.923 bits per heavy atom. The average Bonchev–Trinajstić information content (AvgIpc) is 3.11. The second kappa shape index (κ2) is 11.4. The second-order valence-corrected chi connectivity index (χ2v) is 10.3. The van der Waals surface area contributed by atoms with Gasteiger partial charge in [0.05, 0.1) is 0 Å². The molecule has 0 bridgehead atoms. The molecule has 0 atom stereocenters. The molecule has 0 saturated carbocycles. The molecular formula is C28H28F3N3O4S. The topological polar surface area (TPSA) is 86.3 Å². The Kier molecular flexibility index (Phi) is 8.67. The Balaban J connectivity index is 0.000000459. The molecule has 0 spiro atoms. The first-order valence-electron chi connectivity index (χ1n) is 11.7. The van der Waals surface area contributed by atoms with Gasteiger partial charge in [-0.25, -0.2) is 8.42 Å². The maximum absolute atomic E-state index is 11.9. The lowest BCUT2D eigenvalue weighted by atomic mass is 10.1. The highest BCUT2D eigenvalue weighted by molar-refractivity contribution is 7.86. The Bertz CT molecular complexity index is 1640. The molecule has 0 unspecified atom stereocenters. The summed E-state index contributed by atoms with van der Waals surface area (Å²) in [6.07, 6.45) is 5.11. The summed E-state index contributed by atoms with van der Waals surface area (Å²) in [5, 5.41) is 1.20. The molecule has 0 aliphatic heterocycles. The number of aromatic nitrogens is 2. The van der Waals surface area contributed by atoms with Gasteiger partial charge in [0, 0.05) is 71.6 Å². The van der Waals surface area contributed by atoms with Gasteiger partial charge in [0.25, 0.3) is 0 Å². The molecular weight excluding hydrogens is 531 g/mol. The maximum Gasteiger partial charge on any atom is 0.485 e. The third-order valence-corrected chi connectivity index (χ3v) is 6.85. The number of benzene rings is 2. The van der Waals surface area contributed by atoms with Crippen LogP contribution in [0.3, 0.4) is 0 Å². The van der Waals surface area contributed by atoms with Crippen LogP contribution in [0.2, 0.25) is 0 Å². The van der Waals surface area contributed by atoms with Crippen molar-refractivity contribution in [1.82, 2.24) is 4.57 Å². The SMILES string of the molecule is Cc1c(C=O)c(C=Cc2ccc3cc(N(C)C)ccc3[n+]2C)c(C)n1-c1ccccc1.O=S(=O)([O-])C(F)(F)F. The number of fused-ring (bicyclic) bond motifs is 1. The van der Waals surface area contributed by atoms with E-state index in [-0.39, 0.29) is 0 Å². The first-order chi connectivity index (χ1) is 18.2. The fourth-order valence-electron chi connectivity index (χ4n) is 4.23. The summed E-state index contributed by atoms with van der Waals surface area (Å²) < 4.78 is 63.2. The van der Waals surface area contributed by atoms with Gasteiger partial charge in [0.2, 0.25) is 11.2 Å². The van der Waals surface area contributed by atoms with Gasteiger partial charge in [-0.15, -0.1) is 0 Å². The van der Waals surface area contributed by atoms with Gasteiger partial charge in [0.1, 0.15) is 7.05 Å². The van der Waals surface area contributed by atoms with Gasteiger partial charge in [-0.1, -0.05) is 18.2 Å². The highest BCUT2D eigenvalue weighted by Gasteiger charge is 2.36. The summed E-state index contributed by atoms with van der Waals surface area (Å²) in [6.45, 7) is 4.06. The van der Waals surface area contributed by atoms with E-state index < -0.39 is 15.6 Å². The number of carbonyl (C=O) groups is 1. The summed E-state index contributed by atoms with van der Waals surface area (Å²) in [6, 6.07) is 20.9. The quantitative estimate of drug-likeness (QED) is 0.146. The van der Waals surface area contributed by atoms with Crippen molar-refractivity contribution in [2.24, 2.45) is 7.05 Å². The molecule has 4 rings (SSSR count). The van der Waals surface area contributed by atoms with Crippen LogP contribution in [-0.4, -0.2) is 43.4 Å². The lowest BCUT2D eigenvalue weighted by Gasteiger charge is -2.12. The van der Waals surface area contributed by atoms with Crippen LogP contribution >= 0.6 is 0 Å². The smallest absolute Gasteiger partial charge is 0.485 e. The second-order valence-electron chi connectivity index (χ2n) is 8.97. The van der Waals surface area contributed by atoms with Crippen LogP contribution in [0.1, 0.15) is 33.0 Å². The molecule has 0 fully saturated rings. The van der Waals surface area contributed by atoms with Crippen LogP contribution in [-0.2, 0) is 17.2 Å². The Hall–Kier alpha value is -3.96. The van der Waals surface area contributed by atoms with Gasteiger partial charge in [-0.2, -0.15) is 17.7 Å². The number of alkyl halides is 3. The standard InChI is InChI=1S/C27H28N3O.CHF3O3S/c1-19-25(26(18-31)20(2)30(19)23-9-7-6-8-10-23)15-13-22-12-11-21-17-24(28(3)4)14-16-27(21)29(22)5;2-1(3,4)8(5,6)7/h6-18H,1-5H3;(H,5,6,7)/q+1;/p-1. The van der Waals surface area contributed by atoms with Crippen molar-refractivity contribution < 1.29 is 35.5 Å². The molecule has 0 aliphatic rings. The van der Waals surface area contributed by atoms with E-state index in [4.69, 9.17) is 13.0 Å². The predicted molar refractivity (Wildman–Crippen MR) is 145 cm³/mol. The third-order valence-electron chi connectivity index (χ3n) is 6.29. The van der Waals surface area contributed by atoms with E-state index in [1.54, 1.807) is 0 Å². The molecule has 0 saturated heterocycles. The zero-order valence-electron chi connectivity index (χ0n) is 22.0. The number of hydrogen-bond donors (Lipinski definition) is 0. The normalized spacial score (nSPS) is 11.9. The number of carbonyl (C=O) groups excluding carboxylic acids is 1. The van der Waals surface area contributed by atoms with E-state index in [1.807, 2.05) is 25.1 Å². The van der Waals surface area contributed by atoms with Gasteiger partial charge in [0.15, 0.2) is 16.4 Å². The molecule has 2 aromatic heterocycles. The van der Waals surface area contributed by atoms with Crippen molar-refractivity contribution in [3.63, 3.8) is 0 Å². The summed E-state index contributed by atoms with van der Waals surface area (Å²) in [5.74, 6) is 0. The van der Waals surface area contributed by atoms with Gasteiger partial charge in [-0.3, -0.25) is 4.79 Å². The largest absolute Gasteiger partial charge is 0.741 e. The lowest BCUT2D eigenvalue weighted by molar-refractivity contribution is -0.646. The molecule has 2 aromatic carbocycles. The zero-order chi connectivity index (χ0) is 29.1. The van der Waals surface area contributed by atoms with Crippen molar-refractivity contribution in [2.75, 3.05) is 19.0 Å². The summed E-state index contributed by atoms with van der Waals surface area (Å²) in [7, 11) is 0.0851. The van der Waals surface area contributed by atoms with Crippen LogP contribution < -0.4 is 9.47 Å².